The molecule has 0 saturated carbocycles. The highest BCUT2D eigenvalue weighted by atomic mass is 127. The molecule has 3 N–H and O–H groups in total. The molecule has 6 nitrogen and oxygen atoms in total. The summed E-state index contributed by atoms with van der Waals surface area (Å²) < 4.78 is 26.0. The molecule has 0 amide bonds. The van der Waals surface area contributed by atoms with E-state index in [0.717, 1.165) is 5.56 Å². The van der Waals surface area contributed by atoms with Crippen molar-refractivity contribution in [3.05, 3.63) is 51.7 Å². The lowest BCUT2D eigenvalue weighted by atomic mass is 10.2. The van der Waals surface area contributed by atoms with E-state index in [-0.39, 0.29) is 28.9 Å². The SMILES string of the molecule is CN=C(NCc1cccc(S(=O)(=O)NC)c1)NCc1sccc1C.I. The number of nitrogens with one attached hydrogen (secondary N) is 3. The van der Waals surface area contributed by atoms with Crippen molar-refractivity contribution in [2.45, 2.75) is 24.9 Å². The van der Waals surface area contributed by atoms with E-state index in [4.69, 9.17) is 0 Å². The van der Waals surface area contributed by atoms with Crippen molar-refractivity contribution in [2.75, 3.05) is 14.1 Å². The van der Waals surface area contributed by atoms with Crippen LogP contribution in [0.15, 0.2) is 45.6 Å². The van der Waals surface area contributed by atoms with Gasteiger partial charge in [0.2, 0.25) is 10.0 Å². The van der Waals surface area contributed by atoms with Crippen LogP contribution in [0.2, 0.25) is 0 Å². The molecule has 0 saturated heterocycles. The van der Waals surface area contributed by atoms with Gasteiger partial charge in [0.15, 0.2) is 5.96 Å². The van der Waals surface area contributed by atoms with Crippen LogP contribution in [0.25, 0.3) is 0 Å². The van der Waals surface area contributed by atoms with Crippen LogP contribution in [-0.2, 0) is 23.1 Å². The number of thiophene rings is 1. The first kappa shape index (κ1) is 21.9. The van der Waals surface area contributed by atoms with Crippen LogP contribution in [0.1, 0.15) is 16.0 Å². The second-order valence-electron chi connectivity index (χ2n) is 5.16. The molecule has 25 heavy (non-hydrogen) atoms. The number of benzene rings is 1. The maximum Gasteiger partial charge on any atom is 0.240 e. The van der Waals surface area contributed by atoms with Gasteiger partial charge in [0.05, 0.1) is 11.4 Å². The minimum Gasteiger partial charge on any atom is -0.352 e. The highest BCUT2D eigenvalue weighted by molar-refractivity contribution is 14.0. The Morgan fingerprint density at radius 2 is 1.92 bits per heavy atom. The van der Waals surface area contributed by atoms with Gasteiger partial charge in [-0.3, -0.25) is 4.99 Å². The minimum atomic E-state index is -3.43. The topological polar surface area (TPSA) is 82.6 Å². The van der Waals surface area contributed by atoms with E-state index in [1.807, 2.05) is 6.07 Å². The quantitative estimate of drug-likeness (QED) is 0.328. The summed E-state index contributed by atoms with van der Waals surface area (Å²) in [7, 11) is -0.323. The Hall–Kier alpha value is -1.17. The lowest BCUT2D eigenvalue weighted by Gasteiger charge is -2.12. The number of nitrogens with zero attached hydrogens (tertiary/aromatic N) is 1. The van der Waals surface area contributed by atoms with Crippen LogP contribution in [0.4, 0.5) is 0 Å². The van der Waals surface area contributed by atoms with Crippen molar-refractivity contribution in [3.8, 4) is 0 Å². The largest absolute Gasteiger partial charge is 0.352 e. The van der Waals surface area contributed by atoms with Gasteiger partial charge in [-0.15, -0.1) is 35.3 Å². The molecule has 138 valence electrons. The molecule has 0 spiro atoms. The second-order valence-corrected chi connectivity index (χ2v) is 8.05. The number of sulfonamides is 1. The Bertz CT molecular complexity index is 819. The van der Waals surface area contributed by atoms with E-state index in [1.165, 1.54) is 17.5 Å². The fourth-order valence-electron chi connectivity index (χ4n) is 2.10. The van der Waals surface area contributed by atoms with Gasteiger partial charge in [-0.25, -0.2) is 13.1 Å². The van der Waals surface area contributed by atoms with Crippen molar-refractivity contribution >= 4 is 51.3 Å². The van der Waals surface area contributed by atoms with Crippen LogP contribution in [0, 0.1) is 6.92 Å². The van der Waals surface area contributed by atoms with Crippen molar-refractivity contribution in [1.29, 1.82) is 0 Å². The highest BCUT2D eigenvalue weighted by Gasteiger charge is 2.11. The van der Waals surface area contributed by atoms with Crippen molar-refractivity contribution < 1.29 is 8.42 Å². The highest BCUT2D eigenvalue weighted by Crippen LogP contribution is 2.14. The van der Waals surface area contributed by atoms with Gasteiger partial charge in [0, 0.05) is 18.5 Å². The molecular formula is C16H23IN4O2S2. The van der Waals surface area contributed by atoms with Gasteiger partial charge in [-0.05, 0) is 48.7 Å². The standard InChI is InChI=1S/C16H22N4O2S2.HI/c1-12-7-8-23-15(12)11-20-16(17-2)19-10-13-5-4-6-14(9-13)24(21,22)18-3;/h4-9,18H,10-11H2,1-3H3,(H2,17,19,20);1H. The van der Waals surface area contributed by atoms with E-state index < -0.39 is 10.0 Å². The summed E-state index contributed by atoms with van der Waals surface area (Å²) in [5.74, 6) is 0.671. The Morgan fingerprint density at radius 3 is 2.52 bits per heavy atom. The summed E-state index contributed by atoms with van der Waals surface area (Å²) in [4.78, 5) is 5.70. The van der Waals surface area contributed by atoms with Crippen LogP contribution in [0.3, 0.4) is 0 Å². The number of rotatable bonds is 6. The monoisotopic (exact) mass is 494 g/mol. The Morgan fingerprint density at radius 1 is 1.20 bits per heavy atom. The van der Waals surface area contributed by atoms with Crippen LogP contribution >= 0.6 is 35.3 Å². The zero-order valence-corrected chi connectivity index (χ0v) is 18.3. The van der Waals surface area contributed by atoms with Crippen molar-refractivity contribution in [3.63, 3.8) is 0 Å². The third-order valence-electron chi connectivity index (χ3n) is 3.55. The maximum absolute atomic E-state index is 11.8. The smallest absolute Gasteiger partial charge is 0.240 e. The molecule has 1 aromatic carbocycles. The number of aliphatic imine (C=N–C) groups is 1. The third kappa shape index (κ3) is 6.24. The summed E-state index contributed by atoms with van der Waals surface area (Å²) >= 11 is 1.70. The normalized spacial score (nSPS) is 11.7. The average molecular weight is 494 g/mol. The molecule has 0 aliphatic heterocycles. The molecule has 0 aliphatic rings. The van der Waals surface area contributed by atoms with Gasteiger partial charge in [-0.1, -0.05) is 12.1 Å². The second kappa shape index (κ2) is 10.1. The molecule has 2 aromatic rings. The van der Waals surface area contributed by atoms with E-state index >= 15 is 0 Å². The first-order valence-electron chi connectivity index (χ1n) is 7.46. The molecule has 2 rings (SSSR count). The van der Waals surface area contributed by atoms with Crippen molar-refractivity contribution in [2.24, 2.45) is 4.99 Å². The number of aryl methyl sites for hydroxylation is 1. The summed E-state index contributed by atoms with van der Waals surface area (Å²) in [6.07, 6.45) is 0. The molecule has 1 aromatic heterocycles. The van der Waals surface area contributed by atoms with Crippen LogP contribution in [-0.4, -0.2) is 28.5 Å². The first-order chi connectivity index (χ1) is 11.5. The lowest BCUT2D eigenvalue weighted by molar-refractivity contribution is 0.588. The fourth-order valence-corrected chi connectivity index (χ4v) is 3.74. The molecule has 1 heterocycles. The van der Waals surface area contributed by atoms with Gasteiger partial charge < -0.3 is 10.6 Å². The predicted octanol–water partition coefficient (Wildman–Crippen LogP) is 2.45. The fraction of sp³-hybridized carbons (Fsp3) is 0.312. The molecule has 0 unspecified atom stereocenters. The summed E-state index contributed by atoms with van der Waals surface area (Å²) in [5.41, 5.74) is 2.12. The average Bonchev–Trinajstić information content (AvgIpc) is 3.00. The number of guanidine groups is 1. The molecule has 0 fully saturated rings. The maximum atomic E-state index is 11.8. The molecular weight excluding hydrogens is 471 g/mol. The molecule has 0 aliphatic carbocycles. The van der Waals surface area contributed by atoms with Gasteiger partial charge >= 0.3 is 0 Å². The minimum absolute atomic E-state index is 0. The van der Waals surface area contributed by atoms with E-state index in [1.54, 1.807) is 36.6 Å². The lowest BCUT2D eigenvalue weighted by Crippen LogP contribution is -2.36. The molecule has 9 heteroatoms. The molecule has 0 radical (unpaired) electrons. The predicted molar refractivity (Wildman–Crippen MR) is 114 cm³/mol. The number of hydrogen-bond acceptors (Lipinski definition) is 4. The van der Waals surface area contributed by atoms with Gasteiger partial charge in [0.25, 0.3) is 0 Å². The van der Waals surface area contributed by atoms with Crippen LogP contribution in [0.5, 0.6) is 0 Å². The number of halogens is 1. The Kier molecular flexibility index (Phi) is 8.83. The van der Waals surface area contributed by atoms with E-state index in [2.05, 4.69) is 38.7 Å². The van der Waals surface area contributed by atoms with E-state index in [9.17, 15) is 8.42 Å². The first-order valence-corrected chi connectivity index (χ1v) is 9.82. The van der Waals surface area contributed by atoms with Gasteiger partial charge in [-0.2, -0.15) is 0 Å². The summed E-state index contributed by atoms with van der Waals surface area (Å²) in [6, 6.07) is 8.91. The van der Waals surface area contributed by atoms with E-state index in [0.29, 0.717) is 19.0 Å². The van der Waals surface area contributed by atoms with Crippen LogP contribution < -0.4 is 15.4 Å². The van der Waals surface area contributed by atoms with Crippen molar-refractivity contribution in [1.82, 2.24) is 15.4 Å². The molecule has 0 atom stereocenters. The number of hydrogen-bond donors (Lipinski definition) is 3. The Balaban J connectivity index is 0.00000312. The summed E-state index contributed by atoms with van der Waals surface area (Å²) in [5, 5.41) is 8.52. The third-order valence-corrected chi connectivity index (χ3v) is 5.98. The summed E-state index contributed by atoms with van der Waals surface area (Å²) in [6.45, 7) is 3.27. The zero-order valence-electron chi connectivity index (χ0n) is 14.4. The molecule has 0 bridgehead atoms. The van der Waals surface area contributed by atoms with Gasteiger partial charge in [0.1, 0.15) is 0 Å². The zero-order chi connectivity index (χ0) is 17.6. The Labute approximate surface area is 170 Å².